The molecule has 2 N–H and O–H groups in total. The first kappa shape index (κ1) is 14.1. The van der Waals surface area contributed by atoms with Crippen molar-refractivity contribution in [1.82, 2.24) is 14.9 Å². The summed E-state index contributed by atoms with van der Waals surface area (Å²) in [7, 11) is 0. The van der Waals surface area contributed by atoms with Crippen molar-refractivity contribution in [2.45, 2.75) is 64.1 Å². The summed E-state index contributed by atoms with van der Waals surface area (Å²) in [5.74, 6) is 0.232. The molecule has 2 rings (SSSR count). The Morgan fingerprint density at radius 3 is 2.89 bits per heavy atom. The Bertz CT molecular complexity index is 453. The molecule has 0 bridgehead atoms. The van der Waals surface area contributed by atoms with Crippen LogP contribution in [0.2, 0.25) is 0 Å². The number of aryl methyl sites for hydroxylation is 1. The zero-order valence-corrected chi connectivity index (χ0v) is 11.9. The average Bonchev–Trinajstić information content (AvgIpc) is 3.02. The van der Waals surface area contributed by atoms with Crippen LogP contribution < -0.4 is 5.32 Å². The molecule has 19 heavy (non-hydrogen) atoms. The van der Waals surface area contributed by atoms with Gasteiger partial charge in [-0.3, -0.25) is 10.1 Å². The molecule has 0 saturated heterocycles. The molecule has 1 aromatic rings. The van der Waals surface area contributed by atoms with E-state index in [-0.39, 0.29) is 6.04 Å². The van der Waals surface area contributed by atoms with Crippen molar-refractivity contribution in [3.63, 3.8) is 0 Å². The number of rotatable bonds is 7. The third kappa shape index (κ3) is 3.15. The zero-order chi connectivity index (χ0) is 14.0. The smallest absolute Gasteiger partial charge is 0.323 e. The second-order valence-electron chi connectivity index (χ2n) is 5.71. The SMILES string of the molecule is CCc1nccn1C(C)CC(C)(NC1CC1)C(=O)O. The quantitative estimate of drug-likeness (QED) is 0.791. The summed E-state index contributed by atoms with van der Waals surface area (Å²) in [6.45, 7) is 5.90. The number of carboxylic acids is 1. The fourth-order valence-corrected chi connectivity index (χ4v) is 2.59. The maximum atomic E-state index is 11.6. The lowest BCUT2D eigenvalue weighted by Gasteiger charge is -2.30. The van der Waals surface area contributed by atoms with Crippen molar-refractivity contribution in [2.24, 2.45) is 0 Å². The number of nitrogens with zero attached hydrogens (tertiary/aromatic N) is 2. The number of carbonyl (C=O) groups is 1. The predicted octanol–water partition coefficient (Wildman–Crippen LogP) is 1.99. The topological polar surface area (TPSA) is 67.2 Å². The van der Waals surface area contributed by atoms with Crippen LogP contribution in [0.25, 0.3) is 0 Å². The molecule has 106 valence electrons. The number of aromatic nitrogens is 2. The number of carboxylic acid groups (broad SMARTS) is 1. The molecule has 1 heterocycles. The van der Waals surface area contributed by atoms with E-state index < -0.39 is 11.5 Å². The summed E-state index contributed by atoms with van der Waals surface area (Å²) in [6.07, 6.45) is 7.30. The van der Waals surface area contributed by atoms with E-state index in [0.717, 1.165) is 25.1 Å². The molecule has 0 aliphatic heterocycles. The van der Waals surface area contributed by atoms with Gasteiger partial charge < -0.3 is 9.67 Å². The molecule has 0 spiro atoms. The highest BCUT2D eigenvalue weighted by Crippen LogP contribution is 2.28. The summed E-state index contributed by atoms with van der Waals surface area (Å²) >= 11 is 0. The molecule has 1 aromatic heterocycles. The zero-order valence-electron chi connectivity index (χ0n) is 11.9. The largest absolute Gasteiger partial charge is 0.480 e. The van der Waals surface area contributed by atoms with E-state index in [0.29, 0.717) is 12.5 Å². The minimum atomic E-state index is -0.865. The maximum Gasteiger partial charge on any atom is 0.323 e. The van der Waals surface area contributed by atoms with Gasteiger partial charge in [0.05, 0.1) is 0 Å². The van der Waals surface area contributed by atoms with Crippen molar-refractivity contribution in [2.75, 3.05) is 0 Å². The van der Waals surface area contributed by atoms with Crippen LogP contribution in [0.3, 0.4) is 0 Å². The van der Waals surface area contributed by atoms with Crippen LogP contribution in [0.5, 0.6) is 0 Å². The Labute approximate surface area is 114 Å². The van der Waals surface area contributed by atoms with Crippen LogP contribution in [-0.2, 0) is 11.2 Å². The molecule has 5 heteroatoms. The Hall–Kier alpha value is -1.36. The van der Waals surface area contributed by atoms with E-state index in [1.165, 1.54) is 0 Å². The van der Waals surface area contributed by atoms with Gasteiger partial charge in [-0.25, -0.2) is 4.98 Å². The summed E-state index contributed by atoms with van der Waals surface area (Å²) in [6, 6.07) is 0.492. The monoisotopic (exact) mass is 265 g/mol. The fourth-order valence-electron chi connectivity index (χ4n) is 2.59. The highest BCUT2D eigenvalue weighted by atomic mass is 16.4. The lowest BCUT2D eigenvalue weighted by Crippen LogP contribution is -2.51. The second kappa shape index (κ2) is 5.33. The van der Waals surface area contributed by atoms with Gasteiger partial charge in [0.1, 0.15) is 11.4 Å². The van der Waals surface area contributed by atoms with Crippen LogP contribution in [-0.4, -0.2) is 32.2 Å². The van der Waals surface area contributed by atoms with Gasteiger partial charge >= 0.3 is 5.97 Å². The first-order valence-corrected chi connectivity index (χ1v) is 6.99. The highest BCUT2D eigenvalue weighted by molar-refractivity contribution is 5.78. The number of aliphatic carboxylic acids is 1. The molecule has 2 atom stereocenters. The van der Waals surface area contributed by atoms with Gasteiger partial charge in [0.15, 0.2) is 0 Å². The summed E-state index contributed by atoms with van der Waals surface area (Å²) < 4.78 is 2.08. The van der Waals surface area contributed by atoms with Crippen molar-refractivity contribution < 1.29 is 9.90 Å². The van der Waals surface area contributed by atoms with Gasteiger partial charge in [-0.2, -0.15) is 0 Å². The van der Waals surface area contributed by atoms with Crippen LogP contribution in [0.4, 0.5) is 0 Å². The van der Waals surface area contributed by atoms with Crippen molar-refractivity contribution in [3.8, 4) is 0 Å². The highest BCUT2D eigenvalue weighted by Gasteiger charge is 2.39. The summed E-state index contributed by atoms with van der Waals surface area (Å²) in [4.78, 5) is 15.9. The molecule has 1 aliphatic carbocycles. The molecule has 0 aromatic carbocycles. The lowest BCUT2D eigenvalue weighted by molar-refractivity contribution is -0.145. The molecule has 1 saturated carbocycles. The van der Waals surface area contributed by atoms with E-state index >= 15 is 0 Å². The van der Waals surface area contributed by atoms with Gasteiger partial charge in [-0.1, -0.05) is 6.92 Å². The molecule has 2 unspecified atom stereocenters. The van der Waals surface area contributed by atoms with Gasteiger partial charge in [0.25, 0.3) is 0 Å². The van der Waals surface area contributed by atoms with Gasteiger partial charge in [0.2, 0.25) is 0 Å². The molecule has 0 amide bonds. The predicted molar refractivity (Wildman–Crippen MR) is 73.1 cm³/mol. The third-order valence-electron chi connectivity index (χ3n) is 3.82. The van der Waals surface area contributed by atoms with Gasteiger partial charge in [-0.05, 0) is 33.1 Å². The second-order valence-corrected chi connectivity index (χ2v) is 5.71. The third-order valence-corrected chi connectivity index (χ3v) is 3.82. The number of imidazole rings is 1. The van der Waals surface area contributed by atoms with Gasteiger partial charge in [-0.15, -0.1) is 0 Å². The van der Waals surface area contributed by atoms with Crippen molar-refractivity contribution in [1.29, 1.82) is 0 Å². The Morgan fingerprint density at radius 1 is 1.68 bits per heavy atom. The van der Waals surface area contributed by atoms with Crippen LogP contribution in [0.1, 0.15) is 51.9 Å². The lowest BCUT2D eigenvalue weighted by atomic mass is 9.93. The summed E-state index contributed by atoms with van der Waals surface area (Å²) in [5.41, 5.74) is -0.865. The Morgan fingerprint density at radius 2 is 2.37 bits per heavy atom. The Balaban J connectivity index is 2.10. The van der Waals surface area contributed by atoms with Crippen LogP contribution in [0, 0.1) is 0 Å². The molecule has 5 nitrogen and oxygen atoms in total. The molecular weight excluding hydrogens is 242 g/mol. The number of hydrogen-bond donors (Lipinski definition) is 2. The first-order valence-electron chi connectivity index (χ1n) is 6.99. The maximum absolute atomic E-state index is 11.6. The minimum absolute atomic E-state index is 0.116. The van der Waals surface area contributed by atoms with Crippen molar-refractivity contribution in [3.05, 3.63) is 18.2 Å². The molecule has 1 fully saturated rings. The molecule has 1 aliphatic rings. The number of nitrogens with one attached hydrogen (secondary N) is 1. The van der Waals surface area contributed by atoms with E-state index in [1.807, 2.05) is 6.20 Å². The Kier molecular flexibility index (Phi) is 3.94. The standard InChI is InChI=1S/C14H23N3O2/c1-4-12-15-7-8-17(12)10(2)9-14(3,13(18)19)16-11-5-6-11/h7-8,10-11,16H,4-6,9H2,1-3H3,(H,18,19). The summed E-state index contributed by atoms with van der Waals surface area (Å²) in [5, 5.41) is 12.8. The molecular formula is C14H23N3O2. The minimum Gasteiger partial charge on any atom is -0.480 e. The fraction of sp³-hybridized carbons (Fsp3) is 0.714. The van der Waals surface area contributed by atoms with Gasteiger partial charge in [0, 0.05) is 30.9 Å². The normalized spacial score (nSPS) is 19.9. The number of hydrogen-bond acceptors (Lipinski definition) is 3. The van der Waals surface area contributed by atoms with Crippen LogP contribution in [0.15, 0.2) is 12.4 Å². The van der Waals surface area contributed by atoms with E-state index in [9.17, 15) is 9.90 Å². The van der Waals surface area contributed by atoms with E-state index in [4.69, 9.17) is 0 Å². The van der Waals surface area contributed by atoms with Crippen molar-refractivity contribution >= 4 is 5.97 Å². The van der Waals surface area contributed by atoms with E-state index in [1.54, 1.807) is 13.1 Å². The first-order chi connectivity index (χ1) is 8.96. The molecule has 0 radical (unpaired) electrons. The average molecular weight is 265 g/mol. The van der Waals surface area contributed by atoms with E-state index in [2.05, 4.69) is 28.7 Å². The van der Waals surface area contributed by atoms with Crippen LogP contribution >= 0.6 is 0 Å².